The molecule has 2 aromatic heterocycles. The van der Waals surface area contributed by atoms with Crippen molar-refractivity contribution in [3.05, 3.63) is 91.6 Å². The predicted octanol–water partition coefficient (Wildman–Crippen LogP) is 3.67. The number of alkyl halides is 3. The predicted molar refractivity (Wildman–Crippen MR) is 187 cm³/mol. The van der Waals surface area contributed by atoms with Crippen LogP contribution >= 0.6 is 0 Å². The molecule has 4 amide bonds. The summed E-state index contributed by atoms with van der Waals surface area (Å²) in [6.45, 7) is 4.74. The van der Waals surface area contributed by atoms with Crippen molar-refractivity contribution in [3.63, 3.8) is 0 Å². The smallest absolute Gasteiger partial charge is 0.475 e. The molecule has 0 aromatic carbocycles. The van der Waals surface area contributed by atoms with Crippen molar-refractivity contribution in [1.29, 1.82) is 0 Å². The van der Waals surface area contributed by atoms with E-state index in [1.165, 1.54) is 34.3 Å². The number of rotatable bonds is 5. The number of nitrogens with one attached hydrogen (secondary N) is 1. The molecule has 0 atom stereocenters. The molecular weight excluding hydrogens is 716 g/mol. The van der Waals surface area contributed by atoms with E-state index in [1.807, 2.05) is 24.3 Å². The third-order valence-electron chi connectivity index (χ3n) is 8.18. The maximum Gasteiger partial charge on any atom is 0.490 e. The minimum absolute atomic E-state index is 0.183. The van der Waals surface area contributed by atoms with Gasteiger partial charge in [0.1, 0.15) is 0 Å². The summed E-state index contributed by atoms with van der Waals surface area (Å²) in [4.78, 5) is 75.6. The van der Waals surface area contributed by atoms with Gasteiger partial charge in [0.05, 0.1) is 0 Å². The van der Waals surface area contributed by atoms with E-state index in [0.717, 1.165) is 70.7 Å². The lowest BCUT2D eigenvalue weighted by Gasteiger charge is -2.30. The molecule has 2 aromatic rings. The second kappa shape index (κ2) is 22.4. The molecule has 290 valence electrons. The van der Waals surface area contributed by atoms with E-state index in [0.29, 0.717) is 24.9 Å². The quantitative estimate of drug-likeness (QED) is 0.257. The minimum Gasteiger partial charge on any atom is -0.475 e. The van der Waals surface area contributed by atoms with Crippen LogP contribution in [0.5, 0.6) is 0 Å². The summed E-state index contributed by atoms with van der Waals surface area (Å²) in [6, 6.07) is 3.37. The van der Waals surface area contributed by atoms with Gasteiger partial charge < -0.3 is 15.3 Å². The largest absolute Gasteiger partial charge is 0.490 e. The van der Waals surface area contributed by atoms with Crippen LogP contribution in [0.3, 0.4) is 0 Å². The van der Waals surface area contributed by atoms with Gasteiger partial charge in [-0.3, -0.25) is 29.0 Å². The molecule has 4 aliphatic heterocycles. The summed E-state index contributed by atoms with van der Waals surface area (Å²) >= 11 is 0. The van der Waals surface area contributed by atoms with Crippen LogP contribution in [0, 0.1) is 17.9 Å². The van der Waals surface area contributed by atoms with Crippen LogP contribution in [-0.2, 0) is 24.0 Å². The Morgan fingerprint density at radius 1 is 0.722 bits per heavy atom. The Labute approximate surface area is 309 Å². The highest BCUT2D eigenvalue weighted by Crippen LogP contribution is 2.21. The lowest BCUT2D eigenvalue weighted by Crippen LogP contribution is -2.37. The number of aliphatic carboxylic acids is 1. The summed E-state index contributed by atoms with van der Waals surface area (Å²) < 4.78 is 43.4. The number of hydrogen-bond donors (Lipinski definition) is 2. The first-order valence-electron chi connectivity index (χ1n) is 17.2. The van der Waals surface area contributed by atoms with E-state index < -0.39 is 18.2 Å². The SMILES string of the molecule is Fc1ncccn1.O=C(O)C(F)(F)F.O=C1C=CCCN1C(=O)/C=C/C1CCN(c2ncccn2)CC1.O=C1C=CCCN1C(=O)/C=C/C1CCNCC1. The Balaban J connectivity index is 0.000000220. The molecule has 0 bridgehead atoms. The van der Waals surface area contributed by atoms with E-state index >= 15 is 0 Å². The van der Waals surface area contributed by atoms with Crippen LogP contribution in [0.25, 0.3) is 0 Å². The van der Waals surface area contributed by atoms with Crippen molar-refractivity contribution >= 4 is 35.5 Å². The van der Waals surface area contributed by atoms with Gasteiger partial charge in [-0.15, -0.1) is 0 Å². The number of hydrogen-bond acceptors (Lipinski definition) is 11. The second-order valence-corrected chi connectivity index (χ2v) is 12.0. The highest BCUT2D eigenvalue weighted by Gasteiger charge is 2.38. The zero-order valence-corrected chi connectivity index (χ0v) is 29.4. The highest BCUT2D eigenvalue weighted by atomic mass is 19.4. The van der Waals surface area contributed by atoms with Crippen LogP contribution < -0.4 is 10.2 Å². The third-order valence-corrected chi connectivity index (χ3v) is 8.18. The summed E-state index contributed by atoms with van der Waals surface area (Å²) in [5, 5.41) is 10.4. The molecule has 6 rings (SSSR count). The molecule has 54 heavy (non-hydrogen) atoms. The number of carboxylic acids is 1. The molecule has 0 saturated carbocycles. The van der Waals surface area contributed by atoms with Gasteiger partial charge in [-0.25, -0.2) is 24.7 Å². The second-order valence-electron chi connectivity index (χ2n) is 12.0. The number of nitrogens with zero attached hydrogens (tertiary/aromatic N) is 7. The van der Waals surface area contributed by atoms with Gasteiger partial charge in [0, 0.05) is 51.0 Å². The van der Waals surface area contributed by atoms with Crippen molar-refractivity contribution in [1.82, 2.24) is 35.1 Å². The zero-order valence-electron chi connectivity index (χ0n) is 29.4. The number of carbonyl (C=O) groups excluding carboxylic acids is 4. The van der Waals surface area contributed by atoms with Gasteiger partial charge in [0.15, 0.2) is 0 Å². The fourth-order valence-corrected chi connectivity index (χ4v) is 5.29. The summed E-state index contributed by atoms with van der Waals surface area (Å²) in [5.41, 5.74) is 0. The Morgan fingerprint density at radius 2 is 1.15 bits per heavy atom. The molecule has 4 aliphatic rings. The molecule has 2 N–H and O–H groups in total. The van der Waals surface area contributed by atoms with E-state index in [1.54, 1.807) is 36.7 Å². The number of aromatic nitrogens is 4. The number of imide groups is 2. The number of anilines is 1. The van der Waals surface area contributed by atoms with Gasteiger partial charge in [0.2, 0.25) is 5.95 Å². The maximum atomic E-state index is 12.1. The number of allylic oxidation sites excluding steroid dienone is 2. The molecule has 0 spiro atoms. The lowest BCUT2D eigenvalue weighted by molar-refractivity contribution is -0.192. The normalized spacial score (nSPS) is 18.0. The first-order chi connectivity index (χ1) is 25.8. The minimum atomic E-state index is -5.08. The van der Waals surface area contributed by atoms with Gasteiger partial charge >= 0.3 is 18.2 Å². The summed E-state index contributed by atoms with van der Waals surface area (Å²) in [6.07, 6.45) is 19.5. The van der Waals surface area contributed by atoms with Gasteiger partial charge in [-0.05, 0) is 99.9 Å². The van der Waals surface area contributed by atoms with Crippen LogP contribution in [0.1, 0.15) is 38.5 Å². The molecule has 0 radical (unpaired) electrons. The highest BCUT2D eigenvalue weighted by molar-refractivity contribution is 6.06. The monoisotopic (exact) mass is 758 g/mol. The Bertz CT molecular complexity index is 1640. The van der Waals surface area contributed by atoms with Crippen LogP contribution in [-0.4, -0.2) is 110 Å². The van der Waals surface area contributed by atoms with Crippen molar-refractivity contribution < 1.29 is 46.6 Å². The number of halogens is 4. The van der Waals surface area contributed by atoms with Crippen molar-refractivity contribution in [3.8, 4) is 0 Å². The fraction of sp³-hybridized carbons (Fsp3) is 0.417. The molecule has 18 heteroatoms. The summed E-state index contributed by atoms with van der Waals surface area (Å²) in [7, 11) is 0. The molecule has 6 heterocycles. The molecule has 0 unspecified atom stereocenters. The van der Waals surface area contributed by atoms with E-state index in [4.69, 9.17) is 9.90 Å². The van der Waals surface area contributed by atoms with Gasteiger partial charge in [0.25, 0.3) is 23.6 Å². The maximum absolute atomic E-state index is 12.1. The van der Waals surface area contributed by atoms with E-state index in [-0.39, 0.29) is 23.6 Å². The Kier molecular flexibility index (Phi) is 17.8. The van der Waals surface area contributed by atoms with Crippen molar-refractivity contribution in [2.45, 2.75) is 44.7 Å². The van der Waals surface area contributed by atoms with E-state index in [2.05, 4.69) is 30.2 Å². The average Bonchev–Trinajstić information content (AvgIpc) is 3.18. The number of carboxylic acid groups (broad SMARTS) is 1. The molecular formula is C36H42F4N8O6. The standard InChI is InChI=1S/C17H20N4O2.C13H18N2O2.C4H3FN2.C2HF3O2/c22-15-4-1-2-11-21(15)16(23)6-5-14-7-12-20(13-8-14)17-18-9-3-10-19-17;16-12-3-1-2-10-15(12)13(17)5-4-11-6-8-14-9-7-11;5-4-6-2-1-3-7-4;3-2(4,5)1(6)7/h1,3-6,9-10,14H,2,7-8,11-13H2;1,3-5,11,14H,2,6-10H2;1-3H;(H,6,7)/b6-5+;5-4+;;. The van der Waals surface area contributed by atoms with Crippen LogP contribution in [0.15, 0.2) is 85.5 Å². The molecule has 0 aliphatic carbocycles. The van der Waals surface area contributed by atoms with Crippen molar-refractivity contribution in [2.75, 3.05) is 44.2 Å². The third kappa shape index (κ3) is 15.5. The fourth-order valence-electron chi connectivity index (χ4n) is 5.29. The number of carbonyl (C=O) groups is 5. The summed E-state index contributed by atoms with van der Waals surface area (Å²) in [5.74, 6) is -1.99. The molecule has 2 fully saturated rings. The first-order valence-corrected chi connectivity index (χ1v) is 17.2. The topological polar surface area (TPSA) is 179 Å². The number of piperidine rings is 2. The molecule has 2 saturated heterocycles. The zero-order chi connectivity index (χ0) is 39.3. The van der Waals surface area contributed by atoms with Gasteiger partial charge in [-0.2, -0.15) is 17.6 Å². The van der Waals surface area contributed by atoms with Gasteiger partial charge in [-0.1, -0.05) is 24.3 Å². The lowest BCUT2D eigenvalue weighted by atomic mass is 9.96. The average molecular weight is 759 g/mol. The van der Waals surface area contributed by atoms with Crippen molar-refractivity contribution in [2.24, 2.45) is 11.8 Å². The van der Waals surface area contributed by atoms with E-state index in [9.17, 15) is 36.7 Å². The molecule has 14 nitrogen and oxygen atoms in total. The van der Waals surface area contributed by atoms with Crippen LogP contribution in [0.2, 0.25) is 0 Å². The first kappa shape index (κ1) is 42.8. The Hall–Kier alpha value is -5.65. The Morgan fingerprint density at radius 3 is 1.54 bits per heavy atom. The number of amides is 4. The van der Waals surface area contributed by atoms with Crippen LogP contribution in [0.4, 0.5) is 23.5 Å².